The quantitative estimate of drug-likeness (QED) is 0.822. The molecule has 3 nitrogen and oxygen atoms in total. The molecule has 3 N–H and O–H groups in total. The molecule has 0 radical (unpaired) electrons. The molecule has 0 aliphatic carbocycles. The van der Waals surface area contributed by atoms with Crippen molar-refractivity contribution in [1.29, 1.82) is 0 Å². The largest absolute Gasteiger partial charge is 0.389 e. The molecule has 0 bridgehead atoms. The minimum absolute atomic E-state index is 0.00639. The zero-order valence-electron chi connectivity index (χ0n) is 11.3. The van der Waals surface area contributed by atoms with Gasteiger partial charge in [-0.05, 0) is 24.5 Å². The lowest BCUT2D eigenvalue weighted by Gasteiger charge is -2.18. The van der Waals surface area contributed by atoms with E-state index in [2.05, 4.69) is 5.32 Å². The van der Waals surface area contributed by atoms with E-state index in [0.29, 0.717) is 16.6 Å². The van der Waals surface area contributed by atoms with Gasteiger partial charge in [0.15, 0.2) is 0 Å². The first-order valence-corrected chi connectivity index (χ1v) is 6.45. The molecule has 1 aromatic rings. The number of nitrogens with one attached hydrogen (secondary N) is 1. The van der Waals surface area contributed by atoms with E-state index in [1.165, 1.54) is 0 Å². The highest BCUT2D eigenvalue weighted by Gasteiger charge is 2.18. The summed E-state index contributed by atoms with van der Waals surface area (Å²) in [7, 11) is 0. The molecule has 0 saturated carbocycles. The van der Waals surface area contributed by atoms with E-state index in [1.54, 1.807) is 0 Å². The number of hydrogen-bond acceptors (Lipinski definition) is 2. The lowest BCUT2D eigenvalue weighted by molar-refractivity contribution is -0.120. The molecule has 0 saturated heterocycles. The van der Waals surface area contributed by atoms with E-state index in [9.17, 15) is 4.79 Å². The Hall–Kier alpha value is -1.42. The van der Waals surface area contributed by atoms with Gasteiger partial charge < -0.3 is 11.1 Å². The number of amides is 1. The summed E-state index contributed by atoms with van der Waals surface area (Å²) < 4.78 is 0. The van der Waals surface area contributed by atoms with Crippen molar-refractivity contribution < 1.29 is 4.79 Å². The summed E-state index contributed by atoms with van der Waals surface area (Å²) in [6.45, 7) is 7.89. The van der Waals surface area contributed by atoms with Gasteiger partial charge in [0.1, 0.15) is 4.99 Å². The van der Waals surface area contributed by atoms with Gasteiger partial charge in [-0.1, -0.05) is 45.1 Å². The smallest absolute Gasteiger partial charge is 0.227 e. The summed E-state index contributed by atoms with van der Waals surface area (Å²) in [4.78, 5) is 12.4. The summed E-state index contributed by atoms with van der Waals surface area (Å²) >= 11 is 5.03. The van der Waals surface area contributed by atoms with E-state index < -0.39 is 0 Å². The summed E-state index contributed by atoms with van der Waals surface area (Å²) in [5.41, 5.74) is 8.12. The van der Waals surface area contributed by atoms with Crippen LogP contribution in [-0.2, 0) is 4.79 Å². The molecule has 1 unspecified atom stereocenters. The van der Waals surface area contributed by atoms with Crippen LogP contribution in [0.25, 0.3) is 0 Å². The molecule has 1 amide bonds. The predicted octanol–water partition coefficient (Wildman–Crippen LogP) is 2.86. The van der Waals surface area contributed by atoms with Gasteiger partial charge in [-0.15, -0.1) is 0 Å². The molecule has 1 aromatic carbocycles. The Morgan fingerprint density at radius 1 is 1.33 bits per heavy atom. The molecular formula is C14H20N2OS. The van der Waals surface area contributed by atoms with Crippen LogP contribution in [0.5, 0.6) is 0 Å². The van der Waals surface area contributed by atoms with Crippen LogP contribution in [0, 0.1) is 18.8 Å². The van der Waals surface area contributed by atoms with E-state index in [1.807, 2.05) is 45.9 Å². The SMILES string of the molecule is Cc1cccc(NC(=O)C(C)C(C)C)c1C(N)=S. The zero-order chi connectivity index (χ0) is 13.9. The van der Waals surface area contributed by atoms with Crippen LogP contribution in [0.1, 0.15) is 31.9 Å². The van der Waals surface area contributed by atoms with Crippen molar-refractivity contribution in [2.45, 2.75) is 27.7 Å². The summed E-state index contributed by atoms with van der Waals surface area (Å²) in [6, 6.07) is 5.63. The fourth-order valence-electron chi connectivity index (χ4n) is 1.65. The number of nitrogens with two attached hydrogens (primary N) is 1. The molecule has 0 aliphatic heterocycles. The van der Waals surface area contributed by atoms with Crippen LogP contribution in [0.2, 0.25) is 0 Å². The van der Waals surface area contributed by atoms with Gasteiger partial charge >= 0.3 is 0 Å². The molecule has 98 valence electrons. The molecule has 0 aromatic heterocycles. The first kappa shape index (κ1) is 14.6. The van der Waals surface area contributed by atoms with Crippen molar-refractivity contribution in [1.82, 2.24) is 0 Å². The molecule has 18 heavy (non-hydrogen) atoms. The third-order valence-electron chi connectivity index (χ3n) is 3.19. The van der Waals surface area contributed by atoms with Gasteiger partial charge in [0.25, 0.3) is 0 Å². The molecule has 0 heterocycles. The number of anilines is 1. The second-order valence-electron chi connectivity index (χ2n) is 4.88. The second kappa shape index (κ2) is 5.96. The minimum Gasteiger partial charge on any atom is -0.389 e. The Labute approximate surface area is 114 Å². The highest BCUT2D eigenvalue weighted by atomic mass is 32.1. The van der Waals surface area contributed by atoms with Crippen molar-refractivity contribution in [3.8, 4) is 0 Å². The normalized spacial score (nSPS) is 12.3. The molecule has 4 heteroatoms. The maximum Gasteiger partial charge on any atom is 0.227 e. The van der Waals surface area contributed by atoms with Crippen LogP contribution in [0.3, 0.4) is 0 Å². The Morgan fingerprint density at radius 2 is 1.94 bits per heavy atom. The van der Waals surface area contributed by atoms with Gasteiger partial charge in [-0.3, -0.25) is 4.79 Å². The molecular weight excluding hydrogens is 244 g/mol. The molecule has 0 spiro atoms. The van der Waals surface area contributed by atoms with Crippen molar-refractivity contribution >= 4 is 28.8 Å². The Bertz CT molecular complexity index is 469. The Balaban J connectivity index is 3.02. The number of aryl methyl sites for hydroxylation is 1. The van der Waals surface area contributed by atoms with Crippen LogP contribution in [-0.4, -0.2) is 10.9 Å². The highest BCUT2D eigenvalue weighted by molar-refractivity contribution is 7.80. The standard InChI is InChI=1S/C14H20N2OS/c1-8(2)10(4)14(17)16-11-7-5-6-9(3)12(11)13(15)18/h5-8,10H,1-4H3,(H2,15,18)(H,16,17). The van der Waals surface area contributed by atoms with Crippen molar-refractivity contribution in [2.24, 2.45) is 17.6 Å². The van der Waals surface area contributed by atoms with Crippen LogP contribution < -0.4 is 11.1 Å². The molecule has 0 fully saturated rings. The number of benzene rings is 1. The maximum absolute atomic E-state index is 12.0. The Kier molecular flexibility index (Phi) is 4.84. The molecule has 1 rings (SSSR count). The molecule has 0 aliphatic rings. The monoisotopic (exact) mass is 264 g/mol. The highest BCUT2D eigenvalue weighted by Crippen LogP contribution is 2.21. The lowest BCUT2D eigenvalue weighted by atomic mass is 9.97. The van der Waals surface area contributed by atoms with Crippen molar-refractivity contribution in [3.63, 3.8) is 0 Å². The number of carbonyl (C=O) groups is 1. The fourth-order valence-corrected chi connectivity index (χ4v) is 1.92. The van der Waals surface area contributed by atoms with Gasteiger partial charge in [0.05, 0.1) is 5.69 Å². The number of carbonyl (C=O) groups excluding carboxylic acids is 1. The third-order valence-corrected chi connectivity index (χ3v) is 3.39. The minimum atomic E-state index is -0.0512. The fraction of sp³-hybridized carbons (Fsp3) is 0.429. The van der Waals surface area contributed by atoms with Crippen LogP contribution in [0.15, 0.2) is 18.2 Å². The molecule has 1 atom stereocenters. The van der Waals surface area contributed by atoms with E-state index in [-0.39, 0.29) is 11.8 Å². The van der Waals surface area contributed by atoms with Gasteiger partial charge in [0.2, 0.25) is 5.91 Å². The third kappa shape index (κ3) is 3.29. The lowest BCUT2D eigenvalue weighted by Crippen LogP contribution is -2.26. The number of hydrogen-bond donors (Lipinski definition) is 2. The van der Waals surface area contributed by atoms with Crippen LogP contribution in [0.4, 0.5) is 5.69 Å². The first-order chi connectivity index (χ1) is 8.34. The average Bonchev–Trinajstić information content (AvgIpc) is 2.27. The second-order valence-corrected chi connectivity index (χ2v) is 5.32. The number of thiocarbonyl (C=S) groups is 1. The van der Waals surface area contributed by atoms with E-state index in [0.717, 1.165) is 11.1 Å². The average molecular weight is 264 g/mol. The van der Waals surface area contributed by atoms with Crippen molar-refractivity contribution in [3.05, 3.63) is 29.3 Å². The van der Waals surface area contributed by atoms with E-state index >= 15 is 0 Å². The topological polar surface area (TPSA) is 55.1 Å². The van der Waals surface area contributed by atoms with E-state index in [4.69, 9.17) is 18.0 Å². The predicted molar refractivity (Wildman–Crippen MR) is 79.7 cm³/mol. The summed E-state index contributed by atoms with van der Waals surface area (Å²) in [5, 5.41) is 2.91. The van der Waals surface area contributed by atoms with Crippen molar-refractivity contribution in [2.75, 3.05) is 5.32 Å². The summed E-state index contributed by atoms with van der Waals surface area (Å²) in [5.74, 6) is 0.237. The van der Waals surface area contributed by atoms with Crippen LogP contribution >= 0.6 is 12.2 Å². The van der Waals surface area contributed by atoms with Gasteiger partial charge in [0, 0.05) is 11.5 Å². The summed E-state index contributed by atoms with van der Waals surface area (Å²) in [6.07, 6.45) is 0. The van der Waals surface area contributed by atoms with Gasteiger partial charge in [-0.2, -0.15) is 0 Å². The number of rotatable bonds is 4. The first-order valence-electron chi connectivity index (χ1n) is 6.04. The van der Waals surface area contributed by atoms with Gasteiger partial charge in [-0.25, -0.2) is 0 Å². The zero-order valence-corrected chi connectivity index (χ0v) is 12.1. The Morgan fingerprint density at radius 3 is 2.44 bits per heavy atom. The maximum atomic E-state index is 12.0.